The third-order valence-electron chi connectivity index (χ3n) is 11.5. The number of hydrogen-bond donors (Lipinski definition) is 3. The van der Waals surface area contributed by atoms with Gasteiger partial charge in [-0.25, -0.2) is 18.2 Å². The van der Waals surface area contributed by atoms with Gasteiger partial charge in [-0.15, -0.1) is 0 Å². The van der Waals surface area contributed by atoms with Gasteiger partial charge in [-0.2, -0.15) is 0 Å². The summed E-state index contributed by atoms with van der Waals surface area (Å²) in [4.78, 5) is 62.6. The molecule has 1 aromatic carbocycles. The van der Waals surface area contributed by atoms with E-state index < -0.39 is 73.8 Å². The fraction of sp³-hybridized carbons (Fsp3) is 0.625. The van der Waals surface area contributed by atoms with Crippen LogP contribution in [0, 0.1) is 17.8 Å². The summed E-state index contributed by atoms with van der Waals surface area (Å²) in [6, 6.07) is 5.14. The molecule has 7 atom stereocenters. The Morgan fingerprint density at radius 3 is 2.53 bits per heavy atom. The molecule has 2 aromatic rings. The molecule has 55 heavy (non-hydrogen) atoms. The quantitative estimate of drug-likeness (QED) is 0.316. The molecule has 300 valence electrons. The molecule has 2 aliphatic carbocycles. The van der Waals surface area contributed by atoms with Gasteiger partial charge in [0.1, 0.15) is 35.1 Å². The molecular weight excluding hydrogens is 727 g/mol. The third kappa shape index (κ3) is 8.56. The number of ether oxygens (including phenoxy) is 3. The van der Waals surface area contributed by atoms with Crippen LogP contribution in [0.2, 0.25) is 0 Å². The SMILES string of the molecule is CC[C@@H]1C[C@@H](C)CC/C=C\[C@@H]2C[C@@]2(C(=O)NS(=O)(=O)C2(C)CC2)NC(=O)[C@@H]2C[C@@H](Oc3nccc4c(OC)cccc34)CN2C(=O)[C@H]1NC(=O)OC(C)(C)C. The zero-order chi connectivity index (χ0) is 39.9. The third-order valence-corrected chi connectivity index (χ3v) is 13.7. The van der Waals surface area contributed by atoms with Crippen LogP contribution in [-0.2, 0) is 29.1 Å². The van der Waals surface area contributed by atoms with E-state index in [-0.39, 0.29) is 31.2 Å². The molecule has 6 rings (SSSR count). The van der Waals surface area contributed by atoms with Gasteiger partial charge in [-0.05, 0) is 96.3 Å². The molecule has 1 aromatic heterocycles. The van der Waals surface area contributed by atoms with E-state index >= 15 is 0 Å². The molecule has 4 amide bonds. The van der Waals surface area contributed by atoms with E-state index in [1.54, 1.807) is 41.0 Å². The first-order chi connectivity index (χ1) is 25.9. The lowest BCUT2D eigenvalue weighted by Gasteiger charge is -2.34. The van der Waals surface area contributed by atoms with Gasteiger partial charge < -0.3 is 29.7 Å². The molecule has 3 N–H and O–H groups in total. The van der Waals surface area contributed by atoms with Gasteiger partial charge in [-0.1, -0.05) is 38.5 Å². The molecule has 14 nitrogen and oxygen atoms in total. The average Bonchev–Trinajstić information content (AvgIpc) is 4.00. The lowest BCUT2D eigenvalue weighted by atomic mass is 9.85. The Morgan fingerprint density at radius 2 is 1.85 bits per heavy atom. The number of carbonyl (C=O) groups is 4. The molecular formula is C40H55N5O9S. The lowest BCUT2D eigenvalue weighted by Crippen LogP contribution is -2.59. The number of nitrogens with zero attached hydrogens (tertiary/aromatic N) is 2. The molecule has 4 aliphatic rings. The number of nitrogens with one attached hydrogen (secondary N) is 3. The molecule has 3 heterocycles. The second-order valence-corrected chi connectivity index (χ2v) is 19.1. The first-order valence-electron chi connectivity index (χ1n) is 19.3. The Kier molecular flexibility index (Phi) is 11.2. The second kappa shape index (κ2) is 15.3. The van der Waals surface area contributed by atoms with Crippen LogP contribution < -0.4 is 24.8 Å². The van der Waals surface area contributed by atoms with Crippen LogP contribution in [0.5, 0.6) is 11.6 Å². The monoisotopic (exact) mass is 781 g/mol. The van der Waals surface area contributed by atoms with Crippen molar-refractivity contribution >= 4 is 44.6 Å². The highest BCUT2D eigenvalue weighted by molar-refractivity contribution is 7.91. The number of benzene rings is 1. The van der Waals surface area contributed by atoms with E-state index in [9.17, 15) is 27.6 Å². The van der Waals surface area contributed by atoms with Crippen LogP contribution in [0.25, 0.3) is 10.8 Å². The summed E-state index contributed by atoms with van der Waals surface area (Å²) < 4.78 is 45.3. The maximum Gasteiger partial charge on any atom is 0.408 e. The minimum Gasteiger partial charge on any atom is -0.496 e. The topological polar surface area (TPSA) is 182 Å². The highest BCUT2D eigenvalue weighted by Crippen LogP contribution is 2.47. The van der Waals surface area contributed by atoms with Crippen molar-refractivity contribution in [2.45, 2.75) is 127 Å². The number of aromatic nitrogens is 1. The Balaban J connectivity index is 1.37. The lowest BCUT2D eigenvalue weighted by molar-refractivity contribution is -0.142. The van der Waals surface area contributed by atoms with Gasteiger partial charge in [-0.3, -0.25) is 19.1 Å². The number of rotatable bonds is 8. The highest BCUT2D eigenvalue weighted by Gasteiger charge is 2.63. The minimum absolute atomic E-state index is 0.0211. The number of hydrogen-bond acceptors (Lipinski definition) is 10. The van der Waals surface area contributed by atoms with Crippen LogP contribution in [0.15, 0.2) is 42.6 Å². The van der Waals surface area contributed by atoms with Crippen molar-refractivity contribution in [2.24, 2.45) is 17.8 Å². The van der Waals surface area contributed by atoms with E-state index in [0.29, 0.717) is 49.1 Å². The van der Waals surface area contributed by atoms with E-state index in [2.05, 4.69) is 27.3 Å². The van der Waals surface area contributed by atoms with Crippen molar-refractivity contribution in [1.29, 1.82) is 0 Å². The van der Waals surface area contributed by atoms with Crippen molar-refractivity contribution in [3.63, 3.8) is 0 Å². The van der Waals surface area contributed by atoms with Crippen molar-refractivity contribution in [3.05, 3.63) is 42.6 Å². The molecule has 2 saturated carbocycles. The summed E-state index contributed by atoms with van der Waals surface area (Å²) in [6.07, 6.45) is 7.75. The number of pyridine rings is 1. The standard InChI is InChI=1S/C40H55N5O9S/c1-8-25-20-24(2)12-9-10-13-26-22-40(26,36(48)44-55(50,51)39(6)17-18-39)43-33(46)30-21-27(23-45(30)35(47)32(25)42-37(49)54-38(3,4)5)53-34-29-14-11-15-31(52-7)28(29)16-19-41-34/h10-11,13-16,19,24-27,30,32H,8-9,12,17-18,20-23H2,1-7H3,(H,42,49)(H,43,46)(H,44,48)/b13-10-/t24-,25+,26+,27+,30-,32-,40+/m0/s1. The number of alkyl carbamates (subject to hydrolysis) is 1. The van der Waals surface area contributed by atoms with Crippen molar-refractivity contribution < 1.29 is 41.8 Å². The van der Waals surface area contributed by atoms with E-state index in [4.69, 9.17) is 14.2 Å². The number of amides is 4. The zero-order valence-electron chi connectivity index (χ0n) is 32.8. The molecule has 0 spiro atoms. The molecule has 3 fully saturated rings. The number of carbonyl (C=O) groups excluding carboxylic acids is 4. The fourth-order valence-electron chi connectivity index (χ4n) is 7.83. The van der Waals surface area contributed by atoms with Gasteiger partial charge in [0.25, 0.3) is 5.91 Å². The fourth-order valence-corrected chi connectivity index (χ4v) is 9.14. The van der Waals surface area contributed by atoms with E-state index in [1.807, 2.05) is 43.3 Å². The molecule has 2 aliphatic heterocycles. The summed E-state index contributed by atoms with van der Waals surface area (Å²) >= 11 is 0. The number of fused-ring (bicyclic) bond motifs is 3. The summed E-state index contributed by atoms with van der Waals surface area (Å²) in [5.41, 5.74) is -2.35. The first-order valence-corrected chi connectivity index (χ1v) is 20.8. The zero-order valence-corrected chi connectivity index (χ0v) is 33.7. The van der Waals surface area contributed by atoms with Gasteiger partial charge in [0, 0.05) is 29.3 Å². The molecule has 0 unspecified atom stereocenters. The van der Waals surface area contributed by atoms with Crippen LogP contribution >= 0.6 is 0 Å². The van der Waals surface area contributed by atoms with Crippen LogP contribution in [0.3, 0.4) is 0 Å². The van der Waals surface area contributed by atoms with Crippen molar-refractivity contribution in [1.82, 2.24) is 25.2 Å². The van der Waals surface area contributed by atoms with Crippen LogP contribution in [-0.4, -0.2) is 89.8 Å². The van der Waals surface area contributed by atoms with Gasteiger partial charge in [0.2, 0.25) is 27.7 Å². The summed E-state index contributed by atoms with van der Waals surface area (Å²) in [5, 5.41) is 7.23. The molecule has 1 saturated heterocycles. The van der Waals surface area contributed by atoms with Gasteiger partial charge >= 0.3 is 6.09 Å². The molecule has 15 heteroatoms. The second-order valence-electron chi connectivity index (χ2n) is 16.9. The predicted molar refractivity (Wildman–Crippen MR) is 206 cm³/mol. The average molecular weight is 782 g/mol. The Bertz CT molecular complexity index is 1960. The molecule has 0 bridgehead atoms. The predicted octanol–water partition coefficient (Wildman–Crippen LogP) is 4.76. The van der Waals surface area contributed by atoms with Gasteiger partial charge in [0.15, 0.2) is 0 Å². The summed E-state index contributed by atoms with van der Waals surface area (Å²) in [7, 11) is -2.43. The number of sulfonamides is 1. The largest absolute Gasteiger partial charge is 0.496 e. The van der Waals surface area contributed by atoms with Crippen LogP contribution in [0.4, 0.5) is 4.79 Å². The Hall–Kier alpha value is -4.40. The highest BCUT2D eigenvalue weighted by atomic mass is 32.2. The van der Waals surface area contributed by atoms with Crippen LogP contribution in [0.1, 0.15) is 92.9 Å². The maximum atomic E-state index is 14.9. The summed E-state index contributed by atoms with van der Waals surface area (Å²) in [5.74, 6) is -1.56. The van der Waals surface area contributed by atoms with E-state index in [1.165, 1.54) is 4.90 Å². The minimum atomic E-state index is -4.00. The molecule has 0 radical (unpaired) electrons. The first kappa shape index (κ1) is 40.3. The Morgan fingerprint density at radius 1 is 1.11 bits per heavy atom. The maximum absolute atomic E-state index is 14.9. The van der Waals surface area contributed by atoms with Crippen molar-refractivity contribution in [2.75, 3.05) is 13.7 Å². The van der Waals surface area contributed by atoms with Crippen molar-refractivity contribution in [3.8, 4) is 11.6 Å². The smallest absolute Gasteiger partial charge is 0.408 e. The Labute approximate surface area is 323 Å². The summed E-state index contributed by atoms with van der Waals surface area (Å²) in [6.45, 7) is 10.9. The number of methoxy groups -OCH3 is 1. The van der Waals surface area contributed by atoms with E-state index in [0.717, 1.165) is 11.8 Å². The van der Waals surface area contributed by atoms with Gasteiger partial charge in [0.05, 0.1) is 18.4 Å². The normalized spacial score (nSPS) is 30.1. The number of allylic oxidation sites excluding steroid dienone is 1.